The van der Waals surface area contributed by atoms with Crippen molar-refractivity contribution < 1.29 is 4.79 Å². The molecule has 3 nitrogen and oxygen atoms in total. The van der Waals surface area contributed by atoms with Gasteiger partial charge in [-0.2, -0.15) is 0 Å². The highest BCUT2D eigenvalue weighted by Gasteiger charge is 2.22. The number of benzene rings is 1. The number of hydrogen-bond acceptors (Lipinski definition) is 2. The molecule has 5 heteroatoms. The van der Waals surface area contributed by atoms with Crippen LogP contribution in [0.4, 0.5) is 0 Å². The maximum Gasteiger partial charge on any atom is 0.252 e. The molecule has 0 aliphatic rings. The highest BCUT2D eigenvalue weighted by molar-refractivity contribution is 14.1. The van der Waals surface area contributed by atoms with E-state index in [1.807, 2.05) is 32.0 Å². The second-order valence-electron chi connectivity index (χ2n) is 4.41. The molecule has 17 heavy (non-hydrogen) atoms. The fraction of sp³-hybridized carbons (Fsp3) is 0.333. The SMILES string of the molecule is CC(C)(CNC(=O)c1ccccc1I)C(N)=S. The van der Waals surface area contributed by atoms with Crippen LogP contribution in [0.15, 0.2) is 24.3 Å². The average Bonchev–Trinajstić information content (AvgIpc) is 2.26. The molecule has 1 rings (SSSR count). The summed E-state index contributed by atoms with van der Waals surface area (Å²) >= 11 is 7.09. The maximum atomic E-state index is 11.9. The molecule has 0 aliphatic carbocycles. The lowest BCUT2D eigenvalue weighted by Crippen LogP contribution is -2.41. The summed E-state index contributed by atoms with van der Waals surface area (Å²) in [6.07, 6.45) is 0. The molecule has 3 N–H and O–H groups in total. The minimum absolute atomic E-state index is 0.0978. The molecule has 0 spiro atoms. The Kier molecular flexibility index (Phi) is 4.88. The summed E-state index contributed by atoms with van der Waals surface area (Å²) in [5, 5.41) is 2.85. The number of thiocarbonyl (C=S) groups is 1. The van der Waals surface area contributed by atoms with Crippen LogP contribution in [-0.4, -0.2) is 17.4 Å². The maximum absolute atomic E-state index is 11.9. The summed E-state index contributed by atoms with van der Waals surface area (Å²) < 4.78 is 0.927. The van der Waals surface area contributed by atoms with E-state index in [1.165, 1.54) is 0 Å². The summed E-state index contributed by atoms with van der Waals surface area (Å²) in [7, 11) is 0. The predicted octanol–water partition coefficient (Wildman–Crippen LogP) is 2.33. The first-order valence-electron chi connectivity index (χ1n) is 5.17. The van der Waals surface area contributed by atoms with Gasteiger partial charge in [-0.15, -0.1) is 0 Å². The largest absolute Gasteiger partial charge is 0.393 e. The highest BCUT2D eigenvalue weighted by atomic mass is 127. The molecular weight excluding hydrogens is 347 g/mol. The summed E-state index contributed by atoms with van der Waals surface area (Å²) in [4.78, 5) is 12.3. The molecule has 0 saturated heterocycles. The van der Waals surface area contributed by atoms with Gasteiger partial charge in [-0.05, 0) is 34.7 Å². The van der Waals surface area contributed by atoms with Gasteiger partial charge in [-0.3, -0.25) is 4.79 Å². The summed E-state index contributed by atoms with van der Waals surface area (Å²) in [5.74, 6) is -0.0978. The average molecular weight is 362 g/mol. The van der Waals surface area contributed by atoms with E-state index in [0.717, 1.165) is 3.57 Å². The Morgan fingerprint density at radius 1 is 1.47 bits per heavy atom. The van der Waals surface area contributed by atoms with Crippen LogP contribution in [0.2, 0.25) is 0 Å². The number of carbonyl (C=O) groups is 1. The molecule has 0 heterocycles. The van der Waals surface area contributed by atoms with Gasteiger partial charge in [0, 0.05) is 15.5 Å². The van der Waals surface area contributed by atoms with Crippen molar-refractivity contribution in [3.63, 3.8) is 0 Å². The molecule has 0 atom stereocenters. The third-order valence-corrected chi connectivity index (χ3v) is 3.97. The van der Waals surface area contributed by atoms with Gasteiger partial charge in [0.05, 0.1) is 10.6 Å². The molecule has 0 fully saturated rings. The Morgan fingerprint density at radius 3 is 2.59 bits per heavy atom. The van der Waals surface area contributed by atoms with E-state index in [4.69, 9.17) is 18.0 Å². The predicted molar refractivity (Wildman–Crippen MR) is 82.1 cm³/mol. The second-order valence-corrected chi connectivity index (χ2v) is 6.01. The number of hydrogen-bond donors (Lipinski definition) is 2. The fourth-order valence-corrected chi connectivity index (χ4v) is 1.83. The third-order valence-electron chi connectivity index (χ3n) is 2.48. The van der Waals surface area contributed by atoms with Gasteiger partial charge in [0.15, 0.2) is 0 Å². The second kappa shape index (κ2) is 5.77. The van der Waals surface area contributed by atoms with E-state index in [2.05, 4.69) is 27.9 Å². The molecule has 92 valence electrons. The lowest BCUT2D eigenvalue weighted by Gasteiger charge is -2.23. The van der Waals surface area contributed by atoms with E-state index in [9.17, 15) is 4.79 Å². The van der Waals surface area contributed by atoms with Crippen LogP contribution in [0.1, 0.15) is 24.2 Å². The molecule has 0 radical (unpaired) electrons. The molecule has 0 unspecified atom stereocenters. The Labute approximate surface area is 120 Å². The highest BCUT2D eigenvalue weighted by Crippen LogP contribution is 2.15. The van der Waals surface area contributed by atoms with Gasteiger partial charge < -0.3 is 11.1 Å². The van der Waals surface area contributed by atoms with Crippen molar-refractivity contribution in [2.24, 2.45) is 11.1 Å². The van der Waals surface area contributed by atoms with E-state index < -0.39 is 0 Å². The van der Waals surface area contributed by atoms with Gasteiger partial charge >= 0.3 is 0 Å². The Bertz CT molecular complexity index is 446. The van der Waals surface area contributed by atoms with Crippen molar-refractivity contribution in [2.45, 2.75) is 13.8 Å². The molecule has 0 aromatic heterocycles. The molecule has 0 saturated carbocycles. The van der Waals surface area contributed by atoms with E-state index in [1.54, 1.807) is 6.07 Å². The molecule has 0 aliphatic heterocycles. The minimum atomic E-state index is -0.370. The molecule has 1 amide bonds. The van der Waals surface area contributed by atoms with Crippen molar-refractivity contribution >= 4 is 45.7 Å². The number of carbonyl (C=O) groups excluding carboxylic acids is 1. The van der Waals surface area contributed by atoms with Crippen LogP contribution in [0.3, 0.4) is 0 Å². The number of rotatable bonds is 4. The van der Waals surface area contributed by atoms with Gasteiger partial charge in [0.25, 0.3) is 5.91 Å². The molecule has 1 aromatic rings. The first kappa shape index (κ1) is 14.4. The van der Waals surface area contributed by atoms with Gasteiger partial charge in [-0.1, -0.05) is 38.2 Å². The summed E-state index contributed by atoms with van der Waals surface area (Å²) in [6.45, 7) is 4.25. The van der Waals surface area contributed by atoms with Crippen LogP contribution in [-0.2, 0) is 0 Å². The standard InChI is InChI=1S/C12H15IN2OS/c1-12(2,11(14)17)7-15-10(16)8-5-3-4-6-9(8)13/h3-6H,7H2,1-2H3,(H2,14,17)(H,15,16). The van der Waals surface area contributed by atoms with Crippen molar-refractivity contribution in [3.8, 4) is 0 Å². The van der Waals surface area contributed by atoms with Crippen molar-refractivity contribution in [1.82, 2.24) is 5.32 Å². The van der Waals surface area contributed by atoms with E-state index in [-0.39, 0.29) is 11.3 Å². The molecule has 0 bridgehead atoms. The topological polar surface area (TPSA) is 55.1 Å². The van der Waals surface area contributed by atoms with Gasteiger partial charge in [-0.25, -0.2) is 0 Å². The summed E-state index contributed by atoms with van der Waals surface area (Å²) in [6, 6.07) is 7.44. The molecule has 1 aromatic carbocycles. The van der Waals surface area contributed by atoms with Crippen LogP contribution in [0.25, 0.3) is 0 Å². The Morgan fingerprint density at radius 2 is 2.06 bits per heavy atom. The number of halogens is 1. The zero-order valence-electron chi connectivity index (χ0n) is 9.79. The van der Waals surface area contributed by atoms with Gasteiger partial charge in [0.1, 0.15) is 0 Å². The van der Waals surface area contributed by atoms with Crippen LogP contribution in [0.5, 0.6) is 0 Å². The van der Waals surface area contributed by atoms with Gasteiger partial charge in [0.2, 0.25) is 0 Å². The lowest BCUT2D eigenvalue weighted by molar-refractivity contribution is 0.0944. The normalized spacial score (nSPS) is 11.0. The quantitative estimate of drug-likeness (QED) is 0.639. The van der Waals surface area contributed by atoms with E-state index >= 15 is 0 Å². The van der Waals surface area contributed by atoms with Crippen LogP contribution < -0.4 is 11.1 Å². The van der Waals surface area contributed by atoms with Crippen molar-refractivity contribution in [2.75, 3.05) is 6.54 Å². The summed E-state index contributed by atoms with van der Waals surface area (Å²) in [5.41, 5.74) is 5.91. The van der Waals surface area contributed by atoms with Crippen molar-refractivity contribution in [1.29, 1.82) is 0 Å². The monoisotopic (exact) mass is 362 g/mol. The van der Waals surface area contributed by atoms with Crippen LogP contribution in [0, 0.1) is 8.99 Å². The van der Waals surface area contributed by atoms with Crippen molar-refractivity contribution in [3.05, 3.63) is 33.4 Å². The fourth-order valence-electron chi connectivity index (χ4n) is 1.13. The zero-order valence-corrected chi connectivity index (χ0v) is 12.8. The lowest BCUT2D eigenvalue weighted by atomic mass is 9.93. The van der Waals surface area contributed by atoms with E-state index in [0.29, 0.717) is 17.1 Å². The number of nitrogens with two attached hydrogens (primary N) is 1. The number of amides is 1. The third kappa shape index (κ3) is 3.92. The smallest absolute Gasteiger partial charge is 0.252 e. The van der Waals surface area contributed by atoms with Crippen LogP contribution >= 0.6 is 34.8 Å². The number of nitrogens with one attached hydrogen (secondary N) is 1. The Hall–Kier alpha value is -0.690. The Balaban J connectivity index is 2.69. The minimum Gasteiger partial charge on any atom is -0.393 e. The first-order valence-corrected chi connectivity index (χ1v) is 6.66. The zero-order chi connectivity index (χ0) is 13.1. The first-order chi connectivity index (χ1) is 7.84. The molecular formula is C12H15IN2OS.